The summed E-state index contributed by atoms with van der Waals surface area (Å²) in [6, 6.07) is 0.465. The fourth-order valence-electron chi connectivity index (χ4n) is 4.58. The molecule has 1 aliphatic heterocycles. The van der Waals surface area contributed by atoms with Gasteiger partial charge in [0.2, 0.25) is 0 Å². The normalized spacial score (nSPS) is 24.1. The summed E-state index contributed by atoms with van der Waals surface area (Å²) < 4.78 is 8.29. The van der Waals surface area contributed by atoms with Gasteiger partial charge in [-0.2, -0.15) is 0 Å². The van der Waals surface area contributed by atoms with Crippen molar-refractivity contribution in [2.24, 2.45) is 10.9 Å². The highest BCUT2D eigenvalue weighted by Crippen LogP contribution is 2.27. The van der Waals surface area contributed by atoms with Crippen LogP contribution in [0.1, 0.15) is 77.7 Å². The zero-order chi connectivity index (χ0) is 20.3. The lowest BCUT2D eigenvalue weighted by Crippen LogP contribution is -2.49. The third-order valence-electron chi connectivity index (χ3n) is 6.43. The smallest absolute Gasteiger partial charge is 0.193 e. The lowest BCUT2D eigenvalue weighted by molar-refractivity contribution is 0.0264. The van der Waals surface area contributed by atoms with Gasteiger partial charge >= 0.3 is 0 Å². The first-order valence-corrected chi connectivity index (χ1v) is 11.9. The van der Waals surface area contributed by atoms with Crippen molar-refractivity contribution in [1.82, 2.24) is 19.8 Å². The molecule has 0 spiro atoms. The summed E-state index contributed by atoms with van der Waals surface area (Å²) >= 11 is 0. The van der Waals surface area contributed by atoms with Crippen LogP contribution < -0.4 is 5.32 Å². The van der Waals surface area contributed by atoms with Crippen molar-refractivity contribution < 1.29 is 4.74 Å². The zero-order valence-corrected chi connectivity index (χ0v) is 18.6. The Bertz CT molecular complexity index is 582. The molecule has 2 atom stereocenters. The molecule has 1 saturated heterocycles. The van der Waals surface area contributed by atoms with Gasteiger partial charge < -0.3 is 19.5 Å². The van der Waals surface area contributed by atoms with Gasteiger partial charge in [0.05, 0.1) is 18.5 Å². The molecule has 0 bridgehead atoms. The summed E-state index contributed by atoms with van der Waals surface area (Å²) in [5.74, 6) is 1.73. The van der Waals surface area contributed by atoms with Gasteiger partial charge in [0, 0.05) is 45.2 Å². The van der Waals surface area contributed by atoms with E-state index in [0.29, 0.717) is 18.1 Å². The van der Waals surface area contributed by atoms with E-state index in [-0.39, 0.29) is 0 Å². The number of aliphatic imine (C=N–C) groups is 1. The van der Waals surface area contributed by atoms with Gasteiger partial charge in [-0.25, -0.2) is 4.98 Å². The Hall–Kier alpha value is -1.56. The molecule has 3 rings (SSSR count). The maximum atomic E-state index is 6.04. The summed E-state index contributed by atoms with van der Waals surface area (Å²) in [5.41, 5.74) is 0. The summed E-state index contributed by atoms with van der Waals surface area (Å²) in [4.78, 5) is 11.6. The SMILES string of the molecule is CCNC(=NCCCCCOC1CCCCC1)N1CCC(C)C(n2ccnc2)C1. The molecule has 0 radical (unpaired) electrons. The van der Waals surface area contributed by atoms with Crippen LogP contribution in [-0.4, -0.2) is 59.3 Å². The van der Waals surface area contributed by atoms with Gasteiger partial charge in [-0.05, 0) is 51.4 Å². The predicted molar refractivity (Wildman–Crippen MR) is 119 cm³/mol. The first-order chi connectivity index (χ1) is 14.3. The Balaban J connectivity index is 1.39. The van der Waals surface area contributed by atoms with Crippen molar-refractivity contribution in [3.8, 4) is 0 Å². The first kappa shape index (κ1) is 22.1. The molecular formula is C23H41N5O. The minimum absolute atomic E-state index is 0.465. The summed E-state index contributed by atoms with van der Waals surface area (Å²) in [7, 11) is 0. The number of nitrogens with one attached hydrogen (secondary N) is 1. The predicted octanol–water partition coefficient (Wildman–Crippen LogP) is 4.25. The maximum absolute atomic E-state index is 6.04. The molecule has 2 heterocycles. The number of likely N-dealkylation sites (tertiary alicyclic amines) is 1. The third kappa shape index (κ3) is 7.02. The second-order valence-electron chi connectivity index (χ2n) is 8.72. The van der Waals surface area contributed by atoms with Crippen molar-refractivity contribution in [3.05, 3.63) is 18.7 Å². The molecule has 2 unspecified atom stereocenters. The van der Waals surface area contributed by atoms with Crippen molar-refractivity contribution in [1.29, 1.82) is 0 Å². The van der Waals surface area contributed by atoms with Crippen molar-refractivity contribution in [2.45, 2.75) is 83.8 Å². The minimum Gasteiger partial charge on any atom is -0.378 e. The van der Waals surface area contributed by atoms with Gasteiger partial charge in [0.1, 0.15) is 0 Å². The number of piperidine rings is 1. The van der Waals surface area contributed by atoms with Gasteiger partial charge in [0.25, 0.3) is 0 Å². The lowest BCUT2D eigenvalue weighted by atomic mass is 9.93. The molecule has 1 aliphatic carbocycles. The van der Waals surface area contributed by atoms with Gasteiger partial charge in [-0.3, -0.25) is 4.99 Å². The standard InChI is InChI=1S/C23H41N5O/c1-3-25-23(26-13-8-5-9-17-29-21-10-6-4-7-11-21)27-15-12-20(2)22(18-27)28-16-14-24-19-28/h14,16,19-22H,3-13,15,17-18H2,1-2H3,(H,25,26). The van der Waals surface area contributed by atoms with Crippen molar-refractivity contribution in [2.75, 3.05) is 32.8 Å². The van der Waals surface area contributed by atoms with Crippen LogP contribution in [0.4, 0.5) is 0 Å². The Morgan fingerprint density at radius 3 is 2.79 bits per heavy atom. The molecule has 164 valence electrons. The van der Waals surface area contributed by atoms with Crippen LogP contribution in [0, 0.1) is 5.92 Å². The number of hydrogen-bond acceptors (Lipinski definition) is 3. The summed E-state index contributed by atoms with van der Waals surface area (Å²) in [6.45, 7) is 9.31. The van der Waals surface area contributed by atoms with E-state index < -0.39 is 0 Å². The third-order valence-corrected chi connectivity index (χ3v) is 6.43. The van der Waals surface area contributed by atoms with Gasteiger partial charge in [0.15, 0.2) is 5.96 Å². The summed E-state index contributed by atoms with van der Waals surface area (Å²) in [6.07, 6.45) is 17.8. The number of ether oxygens (including phenoxy) is 1. The maximum Gasteiger partial charge on any atom is 0.193 e. The van der Waals surface area contributed by atoms with Crippen molar-refractivity contribution in [3.63, 3.8) is 0 Å². The number of hydrogen-bond donors (Lipinski definition) is 1. The average Bonchev–Trinajstić information content (AvgIpc) is 3.28. The molecule has 1 saturated carbocycles. The fourth-order valence-corrected chi connectivity index (χ4v) is 4.58. The number of aromatic nitrogens is 2. The number of unbranched alkanes of at least 4 members (excludes halogenated alkanes) is 2. The van der Waals surface area contributed by atoms with E-state index in [4.69, 9.17) is 9.73 Å². The summed E-state index contributed by atoms with van der Waals surface area (Å²) in [5, 5.41) is 3.50. The van der Waals surface area contributed by atoms with E-state index in [9.17, 15) is 0 Å². The molecule has 6 nitrogen and oxygen atoms in total. The largest absolute Gasteiger partial charge is 0.378 e. The number of imidazole rings is 1. The topological polar surface area (TPSA) is 54.7 Å². The molecule has 0 amide bonds. The number of guanidine groups is 1. The fraction of sp³-hybridized carbons (Fsp3) is 0.826. The van der Waals surface area contributed by atoms with Crippen LogP contribution >= 0.6 is 0 Å². The van der Waals surface area contributed by atoms with E-state index in [1.807, 2.05) is 12.5 Å². The van der Waals surface area contributed by atoms with Crippen LogP contribution in [0.3, 0.4) is 0 Å². The molecule has 2 aliphatic rings. The molecule has 29 heavy (non-hydrogen) atoms. The van der Waals surface area contributed by atoms with Crippen molar-refractivity contribution >= 4 is 5.96 Å². The van der Waals surface area contributed by atoms with E-state index in [1.54, 1.807) is 0 Å². The second-order valence-corrected chi connectivity index (χ2v) is 8.72. The molecule has 6 heteroatoms. The van der Waals surface area contributed by atoms with Crippen LogP contribution in [0.15, 0.2) is 23.7 Å². The van der Waals surface area contributed by atoms with Gasteiger partial charge in [-0.1, -0.05) is 26.2 Å². The highest BCUT2D eigenvalue weighted by Gasteiger charge is 2.28. The Kier molecular flexibility index (Phi) is 9.32. The highest BCUT2D eigenvalue weighted by atomic mass is 16.5. The lowest BCUT2D eigenvalue weighted by Gasteiger charge is -2.39. The Morgan fingerprint density at radius 2 is 2.03 bits per heavy atom. The zero-order valence-electron chi connectivity index (χ0n) is 18.6. The van der Waals surface area contributed by atoms with Gasteiger partial charge in [-0.15, -0.1) is 0 Å². The van der Waals surface area contributed by atoms with Crippen LogP contribution in [0.25, 0.3) is 0 Å². The quantitative estimate of drug-likeness (QED) is 0.380. The van der Waals surface area contributed by atoms with E-state index in [0.717, 1.165) is 51.6 Å². The first-order valence-electron chi connectivity index (χ1n) is 11.9. The van der Waals surface area contributed by atoms with Crippen LogP contribution in [0.2, 0.25) is 0 Å². The van der Waals surface area contributed by atoms with E-state index >= 15 is 0 Å². The Morgan fingerprint density at radius 1 is 1.17 bits per heavy atom. The molecule has 1 aromatic heterocycles. The monoisotopic (exact) mass is 403 g/mol. The molecule has 1 aromatic rings. The number of nitrogens with zero attached hydrogens (tertiary/aromatic N) is 4. The van der Waals surface area contributed by atoms with Crippen LogP contribution in [0.5, 0.6) is 0 Å². The molecular weight excluding hydrogens is 362 g/mol. The molecule has 2 fully saturated rings. The van der Waals surface area contributed by atoms with E-state index in [1.165, 1.54) is 44.9 Å². The molecule has 1 N–H and O–H groups in total. The highest BCUT2D eigenvalue weighted by molar-refractivity contribution is 5.80. The Labute approximate surface area is 177 Å². The number of rotatable bonds is 9. The van der Waals surface area contributed by atoms with E-state index in [2.05, 4.69) is 39.8 Å². The average molecular weight is 404 g/mol. The van der Waals surface area contributed by atoms with Crippen LogP contribution in [-0.2, 0) is 4.74 Å². The second kappa shape index (κ2) is 12.2. The molecule has 0 aromatic carbocycles. The minimum atomic E-state index is 0.465.